The highest BCUT2D eigenvalue weighted by molar-refractivity contribution is 5.40. The molecule has 1 rings (SSSR count). The maximum Gasteiger partial charge on any atom is 0.165 e. The number of hydrogen-bond donors (Lipinski definition) is 1. The summed E-state index contributed by atoms with van der Waals surface area (Å²) in [6.07, 6.45) is 0. The summed E-state index contributed by atoms with van der Waals surface area (Å²) < 4.78 is 0. The van der Waals surface area contributed by atoms with Crippen LogP contribution < -0.4 is 4.89 Å². The molecule has 1 aromatic rings. The Balaban J connectivity index is 3.28. The predicted octanol–water partition coefficient (Wildman–Crippen LogP) is 3.96. The van der Waals surface area contributed by atoms with Gasteiger partial charge in [0, 0.05) is 0 Å². The van der Waals surface area contributed by atoms with E-state index in [1.807, 2.05) is 12.1 Å². The lowest BCUT2D eigenvalue weighted by molar-refractivity contribution is -0.137. The van der Waals surface area contributed by atoms with Crippen molar-refractivity contribution in [3.05, 3.63) is 29.3 Å². The van der Waals surface area contributed by atoms with E-state index in [2.05, 4.69) is 39.5 Å². The average molecular weight is 208 g/mol. The van der Waals surface area contributed by atoms with E-state index in [4.69, 9.17) is 5.26 Å². The summed E-state index contributed by atoms with van der Waals surface area (Å²) in [4.78, 5) is 4.27. The molecule has 0 aliphatic rings. The minimum absolute atomic E-state index is 0.119. The van der Waals surface area contributed by atoms with E-state index in [1.165, 1.54) is 11.1 Å². The Hall–Kier alpha value is -1.02. The molecule has 0 radical (unpaired) electrons. The maximum atomic E-state index is 8.64. The molecule has 1 N–H and O–H groups in total. The zero-order valence-corrected chi connectivity index (χ0v) is 10.2. The Bertz CT molecular complexity index is 335. The van der Waals surface area contributed by atoms with Crippen molar-refractivity contribution in [2.45, 2.75) is 46.0 Å². The van der Waals surface area contributed by atoms with E-state index in [0.29, 0.717) is 11.7 Å². The average Bonchev–Trinajstić information content (AvgIpc) is 2.15. The van der Waals surface area contributed by atoms with Crippen molar-refractivity contribution in [2.24, 2.45) is 0 Å². The van der Waals surface area contributed by atoms with Crippen LogP contribution in [0.4, 0.5) is 0 Å². The predicted molar refractivity (Wildman–Crippen MR) is 62.5 cm³/mol. The third-order valence-electron chi connectivity index (χ3n) is 2.56. The molecule has 0 spiro atoms. The van der Waals surface area contributed by atoms with Crippen LogP contribution in [0, 0.1) is 0 Å². The van der Waals surface area contributed by atoms with Crippen LogP contribution in [0.5, 0.6) is 5.75 Å². The molecule has 0 fully saturated rings. The molecule has 0 unspecified atom stereocenters. The Morgan fingerprint density at radius 1 is 1.20 bits per heavy atom. The fourth-order valence-corrected chi connectivity index (χ4v) is 1.76. The van der Waals surface area contributed by atoms with Crippen LogP contribution in [-0.4, -0.2) is 5.26 Å². The second-order valence-electron chi connectivity index (χ2n) is 5.25. The van der Waals surface area contributed by atoms with Gasteiger partial charge in [-0.3, -0.25) is 0 Å². The third-order valence-corrected chi connectivity index (χ3v) is 2.56. The zero-order chi connectivity index (χ0) is 11.6. The summed E-state index contributed by atoms with van der Waals surface area (Å²) in [5.74, 6) is 0.932. The highest BCUT2D eigenvalue weighted by atomic mass is 17.1. The smallest absolute Gasteiger partial charge is 0.165 e. The minimum Gasteiger partial charge on any atom is -0.340 e. The molecular formula is C13H20O2. The molecule has 0 saturated carbocycles. The van der Waals surface area contributed by atoms with Crippen molar-refractivity contribution in [1.29, 1.82) is 0 Å². The molecule has 0 bridgehead atoms. The van der Waals surface area contributed by atoms with Gasteiger partial charge in [-0.1, -0.05) is 40.7 Å². The summed E-state index contributed by atoms with van der Waals surface area (Å²) in [6, 6.07) is 5.73. The van der Waals surface area contributed by atoms with Crippen LogP contribution in [0.1, 0.15) is 51.7 Å². The normalized spacial score (nSPS) is 11.9. The second-order valence-corrected chi connectivity index (χ2v) is 5.25. The van der Waals surface area contributed by atoms with Gasteiger partial charge in [-0.15, -0.1) is 0 Å². The number of benzene rings is 1. The van der Waals surface area contributed by atoms with E-state index < -0.39 is 0 Å². The van der Waals surface area contributed by atoms with Gasteiger partial charge in [0.05, 0.1) is 0 Å². The maximum absolute atomic E-state index is 8.64. The lowest BCUT2D eigenvalue weighted by Gasteiger charge is -2.25. The van der Waals surface area contributed by atoms with E-state index in [-0.39, 0.29) is 5.41 Å². The first-order valence-electron chi connectivity index (χ1n) is 5.32. The Kier molecular flexibility index (Phi) is 3.40. The minimum atomic E-state index is 0.119. The van der Waals surface area contributed by atoms with E-state index in [9.17, 15) is 0 Å². The van der Waals surface area contributed by atoms with Gasteiger partial charge in [0.25, 0.3) is 0 Å². The monoisotopic (exact) mass is 208 g/mol. The van der Waals surface area contributed by atoms with Gasteiger partial charge in [0.1, 0.15) is 0 Å². The molecule has 0 aliphatic carbocycles. The summed E-state index contributed by atoms with van der Waals surface area (Å²) in [5, 5.41) is 8.64. The van der Waals surface area contributed by atoms with Gasteiger partial charge >= 0.3 is 0 Å². The van der Waals surface area contributed by atoms with Crippen molar-refractivity contribution in [2.75, 3.05) is 0 Å². The molecule has 0 aliphatic heterocycles. The zero-order valence-electron chi connectivity index (χ0n) is 10.2. The Morgan fingerprint density at radius 2 is 1.80 bits per heavy atom. The molecule has 0 saturated heterocycles. The van der Waals surface area contributed by atoms with Crippen molar-refractivity contribution in [3.63, 3.8) is 0 Å². The number of rotatable bonds is 2. The molecule has 0 aromatic heterocycles. The largest absolute Gasteiger partial charge is 0.340 e. The van der Waals surface area contributed by atoms with Gasteiger partial charge in [-0.2, -0.15) is 0 Å². The lowest BCUT2D eigenvalue weighted by atomic mass is 9.81. The van der Waals surface area contributed by atoms with Crippen LogP contribution in [0.25, 0.3) is 0 Å². The third kappa shape index (κ3) is 2.72. The fourth-order valence-electron chi connectivity index (χ4n) is 1.76. The van der Waals surface area contributed by atoms with E-state index >= 15 is 0 Å². The van der Waals surface area contributed by atoms with E-state index in [0.717, 1.165) is 0 Å². The fraction of sp³-hybridized carbons (Fsp3) is 0.538. The highest BCUT2D eigenvalue weighted by Crippen LogP contribution is 2.32. The van der Waals surface area contributed by atoms with Gasteiger partial charge in [-0.25, -0.2) is 5.26 Å². The molecule has 0 heterocycles. The summed E-state index contributed by atoms with van der Waals surface area (Å²) in [6.45, 7) is 10.9. The van der Waals surface area contributed by atoms with Gasteiger partial charge in [0.2, 0.25) is 0 Å². The van der Waals surface area contributed by atoms with Gasteiger partial charge < -0.3 is 4.89 Å². The Labute approximate surface area is 91.8 Å². The molecule has 84 valence electrons. The van der Waals surface area contributed by atoms with Crippen LogP contribution >= 0.6 is 0 Å². The second kappa shape index (κ2) is 4.23. The quantitative estimate of drug-likeness (QED) is 0.589. The summed E-state index contributed by atoms with van der Waals surface area (Å²) >= 11 is 0. The standard InChI is InChI=1S/C13H20O2/c1-9(2)11-8-10(15-14)6-7-12(11)13(3,4)5/h6-9,14H,1-5H3. The van der Waals surface area contributed by atoms with Crippen molar-refractivity contribution in [3.8, 4) is 5.75 Å². The summed E-state index contributed by atoms with van der Waals surface area (Å²) in [5.41, 5.74) is 2.65. The number of hydrogen-bond acceptors (Lipinski definition) is 2. The Morgan fingerprint density at radius 3 is 2.20 bits per heavy atom. The highest BCUT2D eigenvalue weighted by Gasteiger charge is 2.19. The first kappa shape index (κ1) is 12.1. The molecule has 0 amide bonds. The molecule has 0 atom stereocenters. The van der Waals surface area contributed by atoms with Crippen LogP contribution in [0.3, 0.4) is 0 Å². The molecular weight excluding hydrogens is 188 g/mol. The lowest BCUT2D eigenvalue weighted by Crippen LogP contribution is -2.15. The van der Waals surface area contributed by atoms with Crippen molar-refractivity contribution >= 4 is 0 Å². The SMILES string of the molecule is CC(C)c1cc(OO)ccc1C(C)(C)C. The van der Waals surface area contributed by atoms with Crippen molar-refractivity contribution < 1.29 is 10.1 Å². The van der Waals surface area contributed by atoms with Gasteiger partial charge in [0.15, 0.2) is 5.75 Å². The van der Waals surface area contributed by atoms with Gasteiger partial charge in [-0.05, 0) is 34.6 Å². The molecule has 2 nitrogen and oxygen atoms in total. The van der Waals surface area contributed by atoms with Crippen LogP contribution in [0.2, 0.25) is 0 Å². The molecule has 15 heavy (non-hydrogen) atoms. The first-order valence-corrected chi connectivity index (χ1v) is 5.32. The molecule has 1 aromatic carbocycles. The topological polar surface area (TPSA) is 29.5 Å². The summed E-state index contributed by atoms with van der Waals surface area (Å²) in [7, 11) is 0. The first-order chi connectivity index (χ1) is 6.86. The van der Waals surface area contributed by atoms with Crippen molar-refractivity contribution in [1.82, 2.24) is 0 Å². The van der Waals surface area contributed by atoms with Crippen LogP contribution in [-0.2, 0) is 5.41 Å². The van der Waals surface area contributed by atoms with E-state index in [1.54, 1.807) is 6.07 Å². The van der Waals surface area contributed by atoms with Crippen LogP contribution in [0.15, 0.2) is 18.2 Å². The molecule has 2 heteroatoms.